The molecule has 2 rings (SSSR count). The van der Waals surface area contributed by atoms with Crippen LogP contribution >= 0.6 is 23.2 Å². The number of ketones is 1. The lowest BCUT2D eigenvalue weighted by Crippen LogP contribution is -2.01. The first-order valence-electron chi connectivity index (χ1n) is 5.57. The maximum absolute atomic E-state index is 12.2. The molecule has 0 N–H and O–H groups in total. The fraction of sp³-hybridized carbons (Fsp3) is 0.0667. The zero-order valence-corrected chi connectivity index (χ0v) is 11.4. The van der Waals surface area contributed by atoms with Gasteiger partial charge in [-0.1, -0.05) is 47.5 Å². The average molecular weight is 290 g/mol. The van der Waals surface area contributed by atoms with Crippen LogP contribution in [0.25, 0.3) is 0 Å². The third kappa shape index (κ3) is 3.35. The minimum absolute atomic E-state index is 0.145. The molecule has 0 saturated carbocycles. The zero-order chi connectivity index (χ0) is 13.8. The van der Waals surface area contributed by atoms with Crippen LogP contribution < -0.4 is 0 Å². The molecule has 0 amide bonds. The summed E-state index contributed by atoms with van der Waals surface area (Å²) in [5.41, 5.74) is 1.87. The summed E-state index contributed by atoms with van der Waals surface area (Å²) < 4.78 is 0. The Hall–Kier alpha value is -1.82. The molecule has 2 aromatic carbocycles. The highest BCUT2D eigenvalue weighted by molar-refractivity contribution is 6.35. The van der Waals surface area contributed by atoms with E-state index in [-0.39, 0.29) is 5.78 Å². The Morgan fingerprint density at radius 1 is 1.00 bits per heavy atom. The molecule has 2 aromatic rings. The van der Waals surface area contributed by atoms with Gasteiger partial charge in [0.15, 0.2) is 5.78 Å². The van der Waals surface area contributed by atoms with E-state index < -0.39 is 0 Å². The van der Waals surface area contributed by atoms with Crippen molar-refractivity contribution in [3.63, 3.8) is 0 Å². The monoisotopic (exact) mass is 289 g/mol. The largest absolute Gasteiger partial charge is 0.289 e. The first kappa shape index (κ1) is 13.6. The first-order valence-corrected chi connectivity index (χ1v) is 6.32. The first-order chi connectivity index (χ1) is 9.10. The van der Waals surface area contributed by atoms with Crippen LogP contribution in [0.3, 0.4) is 0 Å². The fourth-order valence-corrected chi connectivity index (χ4v) is 2.24. The molecule has 0 heterocycles. The zero-order valence-electron chi connectivity index (χ0n) is 9.86. The number of halogens is 2. The summed E-state index contributed by atoms with van der Waals surface area (Å²) in [6.45, 7) is 0. The Kier molecular flexibility index (Phi) is 4.21. The molecular weight excluding hydrogens is 281 g/mol. The molecule has 0 fully saturated rings. The van der Waals surface area contributed by atoms with Gasteiger partial charge in [-0.3, -0.25) is 4.79 Å². The highest BCUT2D eigenvalue weighted by Gasteiger charge is 2.10. The molecule has 0 aromatic heterocycles. The molecule has 4 heteroatoms. The number of carbonyl (C=O) groups excluding carboxylic acids is 1. The van der Waals surface area contributed by atoms with Crippen LogP contribution in [-0.4, -0.2) is 5.78 Å². The van der Waals surface area contributed by atoms with Crippen LogP contribution in [0.2, 0.25) is 10.0 Å². The second-order valence-electron chi connectivity index (χ2n) is 4.02. The van der Waals surface area contributed by atoms with Crippen molar-refractivity contribution in [3.05, 3.63) is 69.2 Å². The molecule has 19 heavy (non-hydrogen) atoms. The molecule has 0 aliphatic rings. The minimum atomic E-state index is -0.145. The van der Waals surface area contributed by atoms with E-state index in [1.807, 2.05) is 0 Å². The summed E-state index contributed by atoms with van der Waals surface area (Å²) >= 11 is 11.8. The number of hydrogen-bond donors (Lipinski definition) is 0. The second-order valence-corrected chi connectivity index (χ2v) is 4.89. The summed E-state index contributed by atoms with van der Waals surface area (Å²) in [6, 6.07) is 13.7. The third-order valence-electron chi connectivity index (χ3n) is 2.62. The van der Waals surface area contributed by atoms with Crippen LogP contribution in [0, 0.1) is 11.3 Å². The fourth-order valence-electron chi connectivity index (χ4n) is 1.72. The van der Waals surface area contributed by atoms with E-state index in [2.05, 4.69) is 6.07 Å². The lowest BCUT2D eigenvalue weighted by molar-refractivity contribution is 0.103. The molecule has 0 saturated heterocycles. The van der Waals surface area contributed by atoms with Gasteiger partial charge in [0.25, 0.3) is 0 Å². The summed E-state index contributed by atoms with van der Waals surface area (Å²) in [5, 5.41) is 9.45. The van der Waals surface area contributed by atoms with Crippen molar-refractivity contribution in [2.45, 2.75) is 6.42 Å². The standard InChI is InChI=1S/C15H9Cl2NO/c16-13-7-12(8-14(17)9-13)15(19)11-3-1-10(2-4-11)5-6-18/h1-4,7-9H,5H2. The number of nitrogens with zero attached hydrogens (tertiary/aromatic N) is 1. The van der Waals surface area contributed by atoms with Gasteiger partial charge in [-0.15, -0.1) is 0 Å². The maximum atomic E-state index is 12.2. The van der Waals surface area contributed by atoms with Gasteiger partial charge in [0, 0.05) is 21.2 Å². The summed E-state index contributed by atoms with van der Waals surface area (Å²) in [6.07, 6.45) is 0.331. The Balaban J connectivity index is 2.31. The van der Waals surface area contributed by atoms with Crippen molar-refractivity contribution < 1.29 is 4.79 Å². The molecule has 0 atom stereocenters. The molecule has 0 spiro atoms. The predicted molar refractivity (Wildman–Crippen MR) is 75.7 cm³/mol. The van der Waals surface area contributed by atoms with Gasteiger partial charge in [0.2, 0.25) is 0 Å². The Morgan fingerprint density at radius 3 is 2.11 bits per heavy atom. The van der Waals surface area contributed by atoms with Gasteiger partial charge in [-0.05, 0) is 23.8 Å². The molecule has 0 aliphatic carbocycles. The Bertz CT molecular complexity index is 637. The molecule has 2 nitrogen and oxygen atoms in total. The normalized spacial score (nSPS) is 9.95. The van der Waals surface area contributed by atoms with Gasteiger partial charge in [-0.25, -0.2) is 0 Å². The molecule has 0 aliphatic heterocycles. The number of carbonyl (C=O) groups is 1. The van der Waals surface area contributed by atoms with Crippen LogP contribution in [0.15, 0.2) is 42.5 Å². The summed E-state index contributed by atoms with van der Waals surface area (Å²) in [7, 11) is 0. The average Bonchev–Trinajstić information content (AvgIpc) is 2.38. The quantitative estimate of drug-likeness (QED) is 0.791. The Morgan fingerprint density at radius 2 is 1.58 bits per heavy atom. The van der Waals surface area contributed by atoms with Gasteiger partial charge in [0.1, 0.15) is 0 Å². The van der Waals surface area contributed by atoms with E-state index >= 15 is 0 Å². The van der Waals surface area contributed by atoms with Gasteiger partial charge in [-0.2, -0.15) is 5.26 Å². The molecule has 0 unspecified atom stereocenters. The van der Waals surface area contributed by atoms with Crippen LogP contribution in [0.1, 0.15) is 21.5 Å². The van der Waals surface area contributed by atoms with Crippen molar-refractivity contribution >= 4 is 29.0 Å². The van der Waals surface area contributed by atoms with Crippen LogP contribution in [0.4, 0.5) is 0 Å². The van der Waals surface area contributed by atoms with E-state index in [0.29, 0.717) is 27.6 Å². The van der Waals surface area contributed by atoms with E-state index in [1.165, 1.54) is 0 Å². The maximum Gasteiger partial charge on any atom is 0.193 e. The predicted octanol–water partition coefficient (Wildman–Crippen LogP) is 4.29. The second kappa shape index (κ2) is 5.88. The highest BCUT2D eigenvalue weighted by atomic mass is 35.5. The van der Waals surface area contributed by atoms with Crippen LogP contribution in [0.5, 0.6) is 0 Å². The summed E-state index contributed by atoms with van der Waals surface area (Å²) in [5.74, 6) is -0.145. The number of nitriles is 1. The summed E-state index contributed by atoms with van der Waals surface area (Å²) in [4.78, 5) is 12.2. The van der Waals surface area contributed by atoms with Crippen molar-refractivity contribution in [1.82, 2.24) is 0 Å². The lowest BCUT2D eigenvalue weighted by atomic mass is 10.0. The van der Waals surface area contributed by atoms with E-state index in [0.717, 1.165) is 5.56 Å². The minimum Gasteiger partial charge on any atom is -0.289 e. The van der Waals surface area contributed by atoms with E-state index in [4.69, 9.17) is 28.5 Å². The smallest absolute Gasteiger partial charge is 0.193 e. The molecular formula is C15H9Cl2NO. The van der Waals surface area contributed by atoms with Gasteiger partial charge in [0.05, 0.1) is 12.5 Å². The number of benzene rings is 2. The van der Waals surface area contributed by atoms with Crippen molar-refractivity contribution in [3.8, 4) is 6.07 Å². The SMILES string of the molecule is N#CCc1ccc(C(=O)c2cc(Cl)cc(Cl)c2)cc1. The van der Waals surface area contributed by atoms with Crippen molar-refractivity contribution in [2.24, 2.45) is 0 Å². The van der Waals surface area contributed by atoms with E-state index in [9.17, 15) is 4.79 Å². The Labute approximate surface area is 121 Å². The van der Waals surface area contributed by atoms with Crippen LogP contribution in [-0.2, 0) is 6.42 Å². The molecule has 0 radical (unpaired) electrons. The molecule has 94 valence electrons. The number of hydrogen-bond acceptors (Lipinski definition) is 2. The van der Waals surface area contributed by atoms with Crippen molar-refractivity contribution in [2.75, 3.05) is 0 Å². The van der Waals surface area contributed by atoms with Crippen molar-refractivity contribution in [1.29, 1.82) is 5.26 Å². The topological polar surface area (TPSA) is 40.9 Å². The highest BCUT2D eigenvalue weighted by Crippen LogP contribution is 2.21. The van der Waals surface area contributed by atoms with Gasteiger partial charge >= 0.3 is 0 Å². The third-order valence-corrected chi connectivity index (χ3v) is 3.06. The van der Waals surface area contributed by atoms with Gasteiger partial charge < -0.3 is 0 Å². The lowest BCUT2D eigenvalue weighted by Gasteiger charge is -2.04. The number of rotatable bonds is 3. The van der Waals surface area contributed by atoms with E-state index in [1.54, 1.807) is 42.5 Å². The molecule has 0 bridgehead atoms.